The van der Waals surface area contributed by atoms with Crippen molar-refractivity contribution in [3.63, 3.8) is 0 Å². The summed E-state index contributed by atoms with van der Waals surface area (Å²) >= 11 is 0. The molecule has 0 radical (unpaired) electrons. The zero-order valence-corrected chi connectivity index (χ0v) is 15.0. The van der Waals surface area contributed by atoms with Crippen molar-refractivity contribution >= 4 is 16.0 Å². The van der Waals surface area contributed by atoms with Gasteiger partial charge in [-0.2, -0.15) is 4.31 Å². The Morgan fingerprint density at radius 1 is 1.09 bits per heavy atom. The highest BCUT2D eigenvalue weighted by molar-refractivity contribution is 7.88. The Balaban J connectivity index is 1.88. The lowest BCUT2D eigenvalue weighted by molar-refractivity contribution is -0.155. The van der Waals surface area contributed by atoms with E-state index in [9.17, 15) is 13.2 Å². The molecule has 2 fully saturated rings. The fraction of sp³-hybridized carbons (Fsp3) is 0.938. The van der Waals surface area contributed by atoms with Crippen LogP contribution in [0.3, 0.4) is 0 Å². The molecule has 128 valence electrons. The lowest BCUT2D eigenvalue weighted by Gasteiger charge is -2.37. The van der Waals surface area contributed by atoms with E-state index in [1.807, 2.05) is 0 Å². The molecule has 2 rings (SSSR count). The van der Waals surface area contributed by atoms with Crippen LogP contribution < -0.4 is 0 Å². The van der Waals surface area contributed by atoms with Gasteiger partial charge in [0.05, 0.1) is 6.26 Å². The standard InChI is InChI=1S/C16H29NO4S/c1-16(2,3)12-7-9-13(10-8-12)21-15(18)14-6-5-11-17(14)22(4,19)20/h12-14H,5-11H2,1-4H3. The van der Waals surface area contributed by atoms with E-state index in [-0.39, 0.29) is 12.1 Å². The molecule has 1 saturated heterocycles. The third-order valence-electron chi connectivity index (χ3n) is 5.08. The van der Waals surface area contributed by atoms with Gasteiger partial charge in [-0.25, -0.2) is 8.42 Å². The Labute approximate surface area is 134 Å². The predicted molar refractivity (Wildman–Crippen MR) is 85.9 cm³/mol. The summed E-state index contributed by atoms with van der Waals surface area (Å²) in [5, 5.41) is 0. The summed E-state index contributed by atoms with van der Waals surface area (Å²) in [5.41, 5.74) is 0.299. The maximum atomic E-state index is 12.3. The molecular weight excluding hydrogens is 302 g/mol. The summed E-state index contributed by atoms with van der Waals surface area (Å²) in [6.45, 7) is 7.20. The van der Waals surface area contributed by atoms with E-state index in [4.69, 9.17) is 4.74 Å². The van der Waals surface area contributed by atoms with Crippen LogP contribution in [-0.2, 0) is 19.6 Å². The Morgan fingerprint density at radius 2 is 1.68 bits per heavy atom. The summed E-state index contributed by atoms with van der Waals surface area (Å²) in [7, 11) is -3.33. The Morgan fingerprint density at radius 3 is 2.18 bits per heavy atom. The van der Waals surface area contributed by atoms with E-state index in [0.717, 1.165) is 38.4 Å². The average molecular weight is 331 g/mol. The molecule has 1 atom stereocenters. The molecule has 0 amide bonds. The lowest BCUT2D eigenvalue weighted by atomic mass is 9.72. The first kappa shape index (κ1) is 17.7. The van der Waals surface area contributed by atoms with Crippen molar-refractivity contribution in [2.24, 2.45) is 11.3 Å². The summed E-state index contributed by atoms with van der Waals surface area (Å²) < 4.78 is 30.3. The molecule has 1 unspecified atom stereocenters. The van der Waals surface area contributed by atoms with Crippen molar-refractivity contribution in [1.29, 1.82) is 0 Å². The van der Waals surface area contributed by atoms with Gasteiger partial charge in [0.25, 0.3) is 0 Å². The molecule has 1 aliphatic carbocycles. The predicted octanol–water partition coefficient (Wildman–Crippen LogP) is 2.56. The zero-order valence-electron chi connectivity index (χ0n) is 14.2. The monoisotopic (exact) mass is 331 g/mol. The van der Waals surface area contributed by atoms with Gasteiger partial charge in [-0.15, -0.1) is 0 Å². The van der Waals surface area contributed by atoms with Crippen molar-refractivity contribution in [3.05, 3.63) is 0 Å². The molecule has 0 aromatic heterocycles. The molecule has 1 heterocycles. The van der Waals surface area contributed by atoms with Crippen LogP contribution in [0, 0.1) is 11.3 Å². The number of rotatable bonds is 3. The van der Waals surface area contributed by atoms with E-state index >= 15 is 0 Å². The SMILES string of the molecule is CC(C)(C)C1CCC(OC(=O)C2CCCN2S(C)(=O)=O)CC1. The molecule has 0 aromatic carbocycles. The van der Waals surface area contributed by atoms with Crippen LogP contribution >= 0.6 is 0 Å². The number of nitrogens with zero attached hydrogens (tertiary/aromatic N) is 1. The highest BCUT2D eigenvalue weighted by Crippen LogP contribution is 2.38. The number of sulfonamides is 1. The third kappa shape index (κ3) is 4.22. The average Bonchev–Trinajstić information content (AvgIpc) is 2.87. The van der Waals surface area contributed by atoms with Crippen LogP contribution in [0.1, 0.15) is 59.3 Å². The molecule has 2 aliphatic rings. The number of carbonyl (C=O) groups excluding carboxylic acids is 1. The Kier molecular flexibility index (Phi) is 5.22. The van der Waals surface area contributed by atoms with Crippen molar-refractivity contribution in [2.45, 2.75) is 71.4 Å². The van der Waals surface area contributed by atoms with Gasteiger partial charge in [-0.1, -0.05) is 20.8 Å². The fourth-order valence-electron chi connectivity index (χ4n) is 3.66. The molecule has 0 bridgehead atoms. The summed E-state index contributed by atoms with van der Waals surface area (Å²) in [6, 6.07) is -0.615. The topological polar surface area (TPSA) is 63.7 Å². The van der Waals surface area contributed by atoms with Crippen LogP contribution in [0.15, 0.2) is 0 Å². The van der Waals surface area contributed by atoms with E-state index in [2.05, 4.69) is 20.8 Å². The molecule has 22 heavy (non-hydrogen) atoms. The second kappa shape index (κ2) is 6.48. The van der Waals surface area contributed by atoms with Gasteiger partial charge in [-0.05, 0) is 49.9 Å². The highest BCUT2D eigenvalue weighted by Gasteiger charge is 2.39. The first-order chi connectivity index (χ1) is 10.1. The van der Waals surface area contributed by atoms with E-state index in [1.165, 1.54) is 4.31 Å². The summed E-state index contributed by atoms with van der Waals surface area (Å²) in [4.78, 5) is 12.3. The first-order valence-electron chi connectivity index (χ1n) is 8.26. The maximum absolute atomic E-state index is 12.3. The van der Waals surface area contributed by atoms with Gasteiger partial charge >= 0.3 is 5.97 Å². The number of hydrogen-bond acceptors (Lipinski definition) is 4. The molecule has 0 aromatic rings. The quantitative estimate of drug-likeness (QED) is 0.746. The summed E-state index contributed by atoms with van der Waals surface area (Å²) in [6.07, 6.45) is 6.33. The minimum atomic E-state index is -3.33. The van der Waals surface area contributed by atoms with Crippen molar-refractivity contribution < 1.29 is 17.9 Å². The first-order valence-corrected chi connectivity index (χ1v) is 10.1. The summed E-state index contributed by atoms with van der Waals surface area (Å²) in [5.74, 6) is 0.309. The van der Waals surface area contributed by atoms with Gasteiger partial charge in [0.2, 0.25) is 10.0 Å². The Hall–Kier alpha value is -0.620. The van der Waals surface area contributed by atoms with Crippen LogP contribution in [-0.4, -0.2) is 43.6 Å². The van der Waals surface area contributed by atoms with Crippen molar-refractivity contribution in [1.82, 2.24) is 4.31 Å². The second-order valence-electron chi connectivity index (χ2n) is 7.81. The zero-order chi connectivity index (χ0) is 16.5. The van der Waals surface area contributed by atoms with E-state index in [1.54, 1.807) is 0 Å². The fourth-order valence-corrected chi connectivity index (χ4v) is 4.78. The number of esters is 1. The number of ether oxygens (including phenoxy) is 1. The molecule has 0 N–H and O–H groups in total. The van der Waals surface area contributed by atoms with Gasteiger partial charge in [0.1, 0.15) is 12.1 Å². The smallest absolute Gasteiger partial charge is 0.324 e. The maximum Gasteiger partial charge on any atom is 0.324 e. The molecule has 5 nitrogen and oxygen atoms in total. The van der Waals surface area contributed by atoms with Gasteiger partial charge in [0, 0.05) is 6.54 Å². The molecular formula is C16H29NO4S. The largest absolute Gasteiger partial charge is 0.461 e. The Bertz CT molecular complexity index is 501. The van der Waals surface area contributed by atoms with Crippen LogP contribution in [0.4, 0.5) is 0 Å². The third-order valence-corrected chi connectivity index (χ3v) is 6.37. The molecule has 6 heteroatoms. The van der Waals surface area contributed by atoms with E-state index in [0.29, 0.717) is 24.3 Å². The number of hydrogen-bond donors (Lipinski definition) is 0. The molecule has 1 aliphatic heterocycles. The minimum Gasteiger partial charge on any atom is -0.461 e. The van der Waals surface area contributed by atoms with Gasteiger partial charge < -0.3 is 4.74 Å². The number of carbonyl (C=O) groups is 1. The highest BCUT2D eigenvalue weighted by atomic mass is 32.2. The van der Waals surface area contributed by atoms with Crippen LogP contribution in [0.25, 0.3) is 0 Å². The minimum absolute atomic E-state index is 0.0480. The normalized spacial score (nSPS) is 31.2. The van der Waals surface area contributed by atoms with Crippen molar-refractivity contribution in [3.8, 4) is 0 Å². The van der Waals surface area contributed by atoms with E-state index < -0.39 is 16.1 Å². The van der Waals surface area contributed by atoms with Crippen LogP contribution in [0.2, 0.25) is 0 Å². The van der Waals surface area contributed by atoms with Gasteiger partial charge in [-0.3, -0.25) is 4.79 Å². The second-order valence-corrected chi connectivity index (χ2v) is 9.74. The van der Waals surface area contributed by atoms with Crippen molar-refractivity contribution in [2.75, 3.05) is 12.8 Å². The lowest BCUT2D eigenvalue weighted by Crippen LogP contribution is -2.42. The molecule has 0 spiro atoms. The van der Waals surface area contributed by atoms with Crippen LogP contribution in [0.5, 0.6) is 0 Å². The molecule has 1 saturated carbocycles. The van der Waals surface area contributed by atoms with Gasteiger partial charge in [0.15, 0.2) is 0 Å².